The fourth-order valence-electron chi connectivity index (χ4n) is 8.55. The third-order valence-corrected chi connectivity index (χ3v) is 10.4. The Morgan fingerprint density at radius 3 is 1.48 bits per heavy atom. The van der Waals surface area contributed by atoms with Crippen LogP contribution in [0.3, 0.4) is 0 Å². The van der Waals surface area contributed by atoms with E-state index in [9.17, 15) is 0 Å². The maximum Gasteiger partial charge on any atom is 0.0726 e. The molecular formula is C44H30N2. The van der Waals surface area contributed by atoms with Crippen molar-refractivity contribution in [1.29, 1.82) is 0 Å². The monoisotopic (exact) mass is 586 g/mol. The maximum atomic E-state index is 2.46. The predicted molar refractivity (Wildman–Crippen MR) is 192 cm³/mol. The van der Waals surface area contributed by atoms with Crippen LogP contribution >= 0.6 is 0 Å². The van der Waals surface area contributed by atoms with Gasteiger partial charge in [-0.15, -0.1) is 0 Å². The molecule has 2 heteroatoms. The molecule has 1 spiro atoms. The van der Waals surface area contributed by atoms with Crippen molar-refractivity contribution in [2.75, 3.05) is 11.9 Å². The predicted octanol–water partition coefficient (Wildman–Crippen LogP) is 10.9. The highest BCUT2D eigenvalue weighted by Crippen LogP contribution is 2.63. The number of fused-ring (bicyclic) bond motifs is 13. The summed E-state index contributed by atoms with van der Waals surface area (Å²) in [5.74, 6) is 0. The first kappa shape index (κ1) is 25.5. The Morgan fingerprint density at radius 1 is 0.435 bits per heavy atom. The molecule has 2 aliphatic rings. The van der Waals surface area contributed by atoms with Crippen molar-refractivity contribution in [3.63, 3.8) is 0 Å². The van der Waals surface area contributed by atoms with Gasteiger partial charge < -0.3 is 9.47 Å². The lowest BCUT2D eigenvalue weighted by atomic mass is 9.70. The van der Waals surface area contributed by atoms with Gasteiger partial charge in [-0.1, -0.05) is 127 Å². The summed E-state index contributed by atoms with van der Waals surface area (Å²) in [5.41, 5.74) is 16.3. The zero-order valence-electron chi connectivity index (χ0n) is 25.5. The highest BCUT2D eigenvalue weighted by Gasteiger charge is 2.51. The van der Waals surface area contributed by atoms with Crippen molar-refractivity contribution in [2.45, 2.75) is 5.41 Å². The van der Waals surface area contributed by atoms with Gasteiger partial charge >= 0.3 is 0 Å². The minimum absolute atomic E-state index is 0.359. The molecule has 0 N–H and O–H groups in total. The average Bonchev–Trinajstić information content (AvgIpc) is 3.73. The van der Waals surface area contributed by atoms with Gasteiger partial charge in [0.15, 0.2) is 0 Å². The van der Waals surface area contributed by atoms with Gasteiger partial charge in [0.1, 0.15) is 0 Å². The Hall–Kier alpha value is -5.86. The minimum Gasteiger partial charge on any atom is -0.343 e. The Labute approximate surface area is 268 Å². The fourth-order valence-corrected chi connectivity index (χ4v) is 8.55. The van der Waals surface area contributed by atoms with E-state index in [4.69, 9.17) is 0 Å². The number of para-hydroxylation sites is 4. The lowest BCUT2D eigenvalue weighted by Gasteiger charge is -2.31. The zero-order chi connectivity index (χ0) is 30.4. The largest absolute Gasteiger partial charge is 0.343 e. The normalized spacial score (nSPS) is 13.5. The van der Waals surface area contributed by atoms with Gasteiger partial charge in [0.05, 0.1) is 27.8 Å². The van der Waals surface area contributed by atoms with Crippen molar-refractivity contribution >= 4 is 33.2 Å². The Bertz CT molecular complexity index is 2400. The first-order valence-electron chi connectivity index (χ1n) is 16.0. The molecule has 46 heavy (non-hydrogen) atoms. The van der Waals surface area contributed by atoms with Gasteiger partial charge in [0.2, 0.25) is 0 Å². The van der Waals surface area contributed by atoms with E-state index in [1.165, 1.54) is 72.0 Å². The summed E-state index contributed by atoms with van der Waals surface area (Å²) in [6, 6.07) is 60.4. The SMILES string of the molecule is CN(c1ccc2c(c1)C1(c3ccccc3-c3ccccc31)c1ccccc1-2)c1ccccc1-n1c2ccccc2c2ccccc21. The number of hydrogen-bond acceptors (Lipinski definition) is 1. The molecule has 10 rings (SSSR count). The molecule has 0 saturated heterocycles. The van der Waals surface area contributed by atoms with Crippen LogP contribution in [0.1, 0.15) is 22.3 Å². The van der Waals surface area contributed by atoms with Crippen LogP contribution in [0.25, 0.3) is 49.7 Å². The number of hydrogen-bond donors (Lipinski definition) is 0. The molecule has 0 atom stereocenters. The van der Waals surface area contributed by atoms with E-state index in [0.717, 1.165) is 11.4 Å². The van der Waals surface area contributed by atoms with E-state index in [-0.39, 0.29) is 5.41 Å². The average molecular weight is 587 g/mol. The molecule has 216 valence electrons. The molecule has 8 aromatic rings. The van der Waals surface area contributed by atoms with Crippen LogP contribution in [0.5, 0.6) is 0 Å². The van der Waals surface area contributed by atoms with Crippen molar-refractivity contribution in [1.82, 2.24) is 4.57 Å². The molecular weight excluding hydrogens is 556 g/mol. The minimum atomic E-state index is -0.359. The van der Waals surface area contributed by atoms with Gasteiger partial charge in [-0.25, -0.2) is 0 Å². The van der Waals surface area contributed by atoms with E-state index >= 15 is 0 Å². The van der Waals surface area contributed by atoms with Crippen LogP contribution in [0.4, 0.5) is 11.4 Å². The quantitative estimate of drug-likeness (QED) is 0.200. The molecule has 0 fully saturated rings. The number of nitrogens with zero attached hydrogens (tertiary/aromatic N) is 2. The first-order valence-corrected chi connectivity index (χ1v) is 16.0. The Morgan fingerprint density at radius 2 is 0.891 bits per heavy atom. The molecule has 1 heterocycles. The zero-order valence-corrected chi connectivity index (χ0v) is 25.5. The number of benzene rings is 7. The van der Waals surface area contributed by atoms with Crippen molar-refractivity contribution < 1.29 is 0 Å². The highest BCUT2D eigenvalue weighted by atomic mass is 15.1. The molecule has 0 radical (unpaired) electrons. The second-order valence-electron chi connectivity index (χ2n) is 12.5. The molecule has 0 amide bonds. The van der Waals surface area contributed by atoms with Gasteiger partial charge in [0, 0.05) is 23.5 Å². The first-order chi connectivity index (χ1) is 22.8. The van der Waals surface area contributed by atoms with E-state index in [0.29, 0.717) is 0 Å². The Balaban J connectivity index is 1.21. The van der Waals surface area contributed by atoms with Crippen LogP contribution in [-0.2, 0) is 5.41 Å². The summed E-state index contributed by atoms with van der Waals surface area (Å²) in [6.45, 7) is 0. The summed E-state index contributed by atoms with van der Waals surface area (Å²) in [6.07, 6.45) is 0. The molecule has 2 nitrogen and oxygen atoms in total. The summed E-state index contributed by atoms with van der Waals surface area (Å²) in [7, 11) is 2.21. The summed E-state index contributed by atoms with van der Waals surface area (Å²) >= 11 is 0. The lowest BCUT2D eigenvalue weighted by Crippen LogP contribution is -2.26. The topological polar surface area (TPSA) is 8.17 Å². The third-order valence-electron chi connectivity index (χ3n) is 10.4. The maximum absolute atomic E-state index is 2.46. The number of aromatic nitrogens is 1. The van der Waals surface area contributed by atoms with Crippen LogP contribution in [-0.4, -0.2) is 11.6 Å². The molecule has 7 aromatic carbocycles. The van der Waals surface area contributed by atoms with Crippen molar-refractivity contribution in [3.8, 4) is 27.9 Å². The smallest absolute Gasteiger partial charge is 0.0726 e. The van der Waals surface area contributed by atoms with Crippen LogP contribution in [0.2, 0.25) is 0 Å². The summed E-state index contributed by atoms with van der Waals surface area (Å²) in [5, 5.41) is 2.54. The van der Waals surface area contributed by atoms with Crippen molar-refractivity contribution in [3.05, 3.63) is 186 Å². The lowest BCUT2D eigenvalue weighted by molar-refractivity contribution is 0.793. The summed E-state index contributed by atoms with van der Waals surface area (Å²) in [4.78, 5) is 2.36. The second kappa shape index (κ2) is 9.32. The molecule has 0 aliphatic heterocycles. The number of anilines is 2. The van der Waals surface area contributed by atoms with Gasteiger partial charge in [-0.05, 0) is 80.9 Å². The molecule has 2 aliphatic carbocycles. The van der Waals surface area contributed by atoms with Crippen molar-refractivity contribution in [2.24, 2.45) is 0 Å². The van der Waals surface area contributed by atoms with Crippen LogP contribution in [0.15, 0.2) is 164 Å². The molecule has 0 unspecified atom stereocenters. The van der Waals surface area contributed by atoms with Gasteiger partial charge in [-0.2, -0.15) is 0 Å². The van der Waals surface area contributed by atoms with E-state index in [1.54, 1.807) is 0 Å². The third kappa shape index (κ3) is 3.15. The van der Waals surface area contributed by atoms with E-state index in [1.807, 2.05) is 0 Å². The fraction of sp³-hybridized carbons (Fsp3) is 0.0455. The molecule has 1 aromatic heterocycles. The molecule has 0 saturated carbocycles. The second-order valence-corrected chi connectivity index (χ2v) is 12.5. The van der Waals surface area contributed by atoms with E-state index in [2.05, 4.69) is 180 Å². The molecule has 0 bridgehead atoms. The summed E-state index contributed by atoms with van der Waals surface area (Å²) < 4.78 is 2.42. The van der Waals surface area contributed by atoms with E-state index < -0.39 is 0 Å². The van der Waals surface area contributed by atoms with Gasteiger partial charge in [-0.3, -0.25) is 0 Å². The Kier molecular flexibility index (Phi) is 5.16. The van der Waals surface area contributed by atoms with Gasteiger partial charge in [0.25, 0.3) is 0 Å². The highest BCUT2D eigenvalue weighted by molar-refractivity contribution is 6.09. The van der Waals surface area contributed by atoms with Crippen LogP contribution < -0.4 is 4.90 Å². The van der Waals surface area contributed by atoms with Crippen LogP contribution in [0, 0.1) is 0 Å². The standard InChI is InChI=1S/C44H30N2/c1-45(42-24-12-13-25-43(42)46-40-22-10-5-17-34(40)35-18-6-11-23-41(35)46)29-26-27-33-32-16-4-9-21-38(32)44(39(33)28-29)36-19-7-2-14-30(36)31-15-3-8-20-37(31)44/h2-28H,1H3. The number of rotatable bonds is 3.